The van der Waals surface area contributed by atoms with E-state index < -0.39 is 11.7 Å². The van der Waals surface area contributed by atoms with E-state index in [0.29, 0.717) is 6.54 Å². The number of nitrogens with one attached hydrogen (secondary N) is 1. The summed E-state index contributed by atoms with van der Waals surface area (Å²) >= 11 is 3.42. The van der Waals surface area contributed by atoms with Crippen molar-refractivity contribution < 1.29 is 13.2 Å². The maximum atomic E-state index is 12.5. The average molecular weight is 358 g/mol. The van der Waals surface area contributed by atoms with Gasteiger partial charge in [-0.1, -0.05) is 40.2 Å². The van der Waals surface area contributed by atoms with Gasteiger partial charge >= 0.3 is 6.18 Å². The summed E-state index contributed by atoms with van der Waals surface area (Å²) in [7, 11) is 0. The second-order valence-electron chi connectivity index (χ2n) is 4.85. The summed E-state index contributed by atoms with van der Waals surface area (Å²) in [6, 6.07) is 13.3. The first kappa shape index (κ1) is 16.0. The van der Waals surface area contributed by atoms with E-state index in [1.54, 1.807) is 0 Å². The number of benzene rings is 2. The fourth-order valence-corrected chi connectivity index (χ4v) is 2.39. The van der Waals surface area contributed by atoms with Crippen molar-refractivity contribution in [3.05, 3.63) is 69.7 Å². The molecule has 0 fully saturated rings. The van der Waals surface area contributed by atoms with E-state index >= 15 is 0 Å². The Kier molecular flexibility index (Phi) is 5.06. The molecule has 0 aliphatic heterocycles. The molecule has 0 saturated carbocycles. The van der Waals surface area contributed by atoms with Gasteiger partial charge in [0.15, 0.2) is 0 Å². The molecule has 0 bridgehead atoms. The van der Waals surface area contributed by atoms with Gasteiger partial charge in [0.1, 0.15) is 0 Å². The lowest BCUT2D eigenvalue weighted by Crippen LogP contribution is -2.18. The third-order valence-corrected chi connectivity index (χ3v) is 3.74. The third-order valence-electron chi connectivity index (χ3n) is 3.24. The molecule has 2 aromatic carbocycles. The first-order chi connectivity index (χ1) is 9.86. The number of hydrogen-bond acceptors (Lipinski definition) is 1. The Labute approximate surface area is 130 Å². The summed E-state index contributed by atoms with van der Waals surface area (Å²) in [5.41, 5.74) is 1.33. The Morgan fingerprint density at radius 3 is 2.33 bits per heavy atom. The molecule has 21 heavy (non-hydrogen) atoms. The average Bonchev–Trinajstić information content (AvgIpc) is 2.44. The van der Waals surface area contributed by atoms with E-state index in [0.717, 1.165) is 27.7 Å². The molecule has 0 aromatic heterocycles. The van der Waals surface area contributed by atoms with E-state index in [9.17, 15) is 13.2 Å². The van der Waals surface area contributed by atoms with Gasteiger partial charge in [-0.3, -0.25) is 0 Å². The third kappa shape index (κ3) is 4.58. The zero-order chi connectivity index (χ0) is 15.5. The topological polar surface area (TPSA) is 12.0 Å². The van der Waals surface area contributed by atoms with Crippen LogP contribution in [0.15, 0.2) is 53.0 Å². The fourth-order valence-electron chi connectivity index (χ4n) is 1.98. The molecule has 5 heteroatoms. The van der Waals surface area contributed by atoms with Crippen molar-refractivity contribution in [2.45, 2.75) is 25.7 Å². The summed E-state index contributed by atoms with van der Waals surface area (Å²) in [5.74, 6) is 0. The zero-order valence-electron chi connectivity index (χ0n) is 11.4. The number of halogens is 4. The van der Waals surface area contributed by atoms with Crippen LogP contribution in [0.2, 0.25) is 0 Å². The van der Waals surface area contributed by atoms with E-state index in [1.807, 2.05) is 31.2 Å². The molecule has 2 rings (SSSR count). The quantitative estimate of drug-likeness (QED) is 0.780. The van der Waals surface area contributed by atoms with Crippen molar-refractivity contribution in [2.75, 3.05) is 0 Å². The van der Waals surface area contributed by atoms with Crippen LogP contribution >= 0.6 is 15.9 Å². The van der Waals surface area contributed by atoms with Crippen molar-refractivity contribution in [2.24, 2.45) is 0 Å². The van der Waals surface area contributed by atoms with Crippen molar-refractivity contribution in [3.63, 3.8) is 0 Å². The second kappa shape index (κ2) is 6.62. The zero-order valence-corrected chi connectivity index (χ0v) is 13.0. The minimum atomic E-state index is -4.28. The molecule has 0 heterocycles. The molecule has 0 saturated heterocycles. The van der Waals surface area contributed by atoms with Crippen molar-refractivity contribution >= 4 is 15.9 Å². The van der Waals surface area contributed by atoms with Gasteiger partial charge in [-0.05, 0) is 42.3 Å². The molecular formula is C16H15BrF3N. The Morgan fingerprint density at radius 1 is 1.10 bits per heavy atom. The van der Waals surface area contributed by atoms with E-state index in [2.05, 4.69) is 21.2 Å². The van der Waals surface area contributed by atoms with Crippen LogP contribution in [0.4, 0.5) is 13.2 Å². The Bertz CT molecular complexity index is 593. The molecule has 0 amide bonds. The van der Waals surface area contributed by atoms with Crippen molar-refractivity contribution in [1.29, 1.82) is 0 Å². The number of rotatable bonds is 4. The molecule has 0 radical (unpaired) electrons. The summed E-state index contributed by atoms with van der Waals surface area (Å²) < 4.78 is 38.4. The van der Waals surface area contributed by atoms with Gasteiger partial charge < -0.3 is 5.32 Å². The maximum absolute atomic E-state index is 12.5. The molecule has 112 valence electrons. The Hall–Kier alpha value is -1.33. The highest BCUT2D eigenvalue weighted by Gasteiger charge is 2.29. The predicted molar refractivity (Wildman–Crippen MR) is 80.8 cm³/mol. The van der Waals surface area contributed by atoms with Crippen LogP contribution < -0.4 is 5.32 Å². The molecule has 2 aromatic rings. The molecule has 0 aliphatic rings. The van der Waals surface area contributed by atoms with Gasteiger partial charge in [-0.2, -0.15) is 13.2 Å². The van der Waals surface area contributed by atoms with Crippen molar-refractivity contribution in [1.82, 2.24) is 5.32 Å². The smallest absolute Gasteiger partial charge is 0.306 e. The summed E-state index contributed by atoms with van der Waals surface area (Å²) in [5, 5.41) is 3.30. The van der Waals surface area contributed by atoms with E-state index in [1.165, 1.54) is 12.1 Å². The normalized spacial score (nSPS) is 13.2. The van der Waals surface area contributed by atoms with Gasteiger partial charge in [0.05, 0.1) is 5.56 Å². The lowest BCUT2D eigenvalue weighted by molar-refractivity contribution is -0.137. The highest BCUT2D eigenvalue weighted by molar-refractivity contribution is 9.10. The molecular weight excluding hydrogens is 343 g/mol. The minimum Gasteiger partial charge on any atom is -0.306 e. The SMILES string of the molecule is C[C@@H](NCc1ccc(C(F)(F)F)cc1)c1cccc(Br)c1. The van der Waals surface area contributed by atoms with E-state index in [4.69, 9.17) is 0 Å². The molecule has 0 spiro atoms. The Morgan fingerprint density at radius 2 is 1.76 bits per heavy atom. The van der Waals surface area contributed by atoms with Gasteiger partial charge in [-0.15, -0.1) is 0 Å². The lowest BCUT2D eigenvalue weighted by Gasteiger charge is -2.15. The standard InChI is InChI=1S/C16H15BrF3N/c1-11(13-3-2-4-15(17)9-13)21-10-12-5-7-14(8-6-12)16(18,19)20/h2-9,11,21H,10H2,1H3/t11-/m1/s1. The van der Waals surface area contributed by atoms with Gasteiger partial charge in [0.2, 0.25) is 0 Å². The highest BCUT2D eigenvalue weighted by atomic mass is 79.9. The number of alkyl halides is 3. The molecule has 0 aliphatic carbocycles. The lowest BCUT2D eigenvalue weighted by atomic mass is 10.1. The summed E-state index contributed by atoms with van der Waals surface area (Å²) in [6.07, 6.45) is -4.28. The summed E-state index contributed by atoms with van der Waals surface area (Å²) in [4.78, 5) is 0. The highest BCUT2D eigenvalue weighted by Crippen LogP contribution is 2.29. The minimum absolute atomic E-state index is 0.116. The predicted octanol–water partition coefficient (Wildman–Crippen LogP) is 5.32. The molecule has 0 unspecified atom stereocenters. The van der Waals surface area contributed by atoms with Crippen LogP contribution in [0.25, 0.3) is 0 Å². The number of hydrogen-bond donors (Lipinski definition) is 1. The monoisotopic (exact) mass is 357 g/mol. The first-order valence-electron chi connectivity index (χ1n) is 6.51. The largest absolute Gasteiger partial charge is 0.416 e. The maximum Gasteiger partial charge on any atom is 0.416 e. The fraction of sp³-hybridized carbons (Fsp3) is 0.250. The molecule has 1 atom stereocenters. The van der Waals surface area contributed by atoms with Crippen LogP contribution in [-0.2, 0) is 12.7 Å². The molecule has 1 N–H and O–H groups in total. The Balaban J connectivity index is 1.97. The second-order valence-corrected chi connectivity index (χ2v) is 5.77. The van der Waals surface area contributed by atoms with Gasteiger partial charge in [0, 0.05) is 17.1 Å². The van der Waals surface area contributed by atoms with E-state index in [-0.39, 0.29) is 6.04 Å². The van der Waals surface area contributed by atoms with Crippen molar-refractivity contribution in [3.8, 4) is 0 Å². The van der Waals surface area contributed by atoms with Crippen LogP contribution in [-0.4, -0.2) is 0 Å². The molecule has 1 nitrogen and oxygen atoms in total. The first-order valence-corrected chi connectivity index (χ1v) is 7.30. The van der Waals surface area contributed by atoms with Gasteiger partial charge in [0.25, 0.3) is 0 Å². The van der Waals surface area contributed by atoms with Gasteiger partial charge in [-0.25, -0.2) is 0 Å². The summed E-state index contributed by atoms with van der Waals surface area (Å²) in [6.45, 7) is 2.54. The van der Waals surface area contributed by atoms with Crippen LogP contribution in [0, 0.1) is 0 Å². The van der Waals surface area contributed by atoms with Crippen LogP contribution in [0.3, 0.4) is 0 Å². The van der Waals surface area contributed by atoms with Crippen LogP contribution in [0.5, 0.6) is 0 Å². The van der Waals surface area contributed by atoms with Crippen LogP contribution in [0.1, 0.15) is 29.7 Å².